The maximum Gasteiger partial charge on any atom is 0.333 e. The van der Waals surface area contributed by atoms with E-state index in [-0.39, 0.29) is 43.3 Å². The smallest absolute Gasteiger partial charge is 0.333 e. The number of nitrogens with zero attached hydrogens (tertiary/aromatic N) is 1. The van der Waals surface area contributed by atoms with Gasteiger partial charge in [-0.3, -0.25) is 14.4 Å². The summed E-state index contributed by atoms with van der Waals surface area (Å²) in [5.74, 6) is 1.55. The lowest BCUT2D eigenvalue weighted by atomic mass is 9.47. The fourth-order valence-electron chi connectivity index (χ4n) is 9.93. The zero-order valence-corrected chi connectivity index (χ0v) is 26.9. The topological polar surface area (TPSA) is 110 Å². The second-order valence-corrected chi connectivity index (χ2v) is 15.3. The van der Waals surface area contributed by atoms with E-state index in [4.69, 9.17) is 9.57 Å². The molecule has 1 aliphatic heterocycles. The van der Waals surface area contributed by atoms with Crippen LogP contribution in [0.4, 0.5) is 0 Å². The molecule has 4 aliphatic carbocycles. The van der Waals surface area contributed by atoms with E-state index in [0.29, 0.717) is 34.1 Å². The number of aliphatic hydroxyl groups is 1. The normalized spacial score (nSPS) is 36.9. The van der Waals surface area contributed by atoms with Crippen molar-refractivity contribution in [2.45, 2.75) is 137 Å². The van der Waals surface area contributed by atoms with Crippen LogP contribution in [0.5, 0.6) is 0 Å². The molecule has 0 aromatic carbocycles. The van der Waals surface area contributed by atoms with E-state index in [1.54, 1.807) is 0 Å². The van der Waals surface area contributed by atoms with E-state index in [9.17, 15) is 24.3 Å². The Labute approximate surface area is 257 Å². The molecule has 1 saturated heterocycles. The minimum atomic E-state index is -0.779. The Morgan fingerprint density at radius 1 is 0.953 bits per heavy atom. The van der Waals surface area contributed by atoms with Crippen LogP contribution in [0.1, 0.15) is 125 Å². The summed E-state index contributed by atoms with van der Waals surface area (Å²) in [7, 11) is 0. The predicted octanol–water partition coefficient (Wildman–Crippen LogP) is 6.30. The summed E-state index contributed by atoms with van der Waals surface area (Å²) in [6, 6.07) is 0. The van der Waals surface area contributed by atoms with Crippen LogP contribution in [-0.4, -0.2) is 46.1 Å². The second kappa shape index (κ2) is 12.6. The van der Waals surface area contributed by atoms with Gasteiger partial charge in [-0.1, -0.05) is 46.3 Å². The zero-order chi connectivity index (χ0) is 31.1. The van der Waals surface area contributed by atoms with E-state index in [1.807, 2.05) is 0 Å². The molecule has 1 N–H and O–H groups in total. The second-order valence-electron chi connectivity index (χ2n) is 15.3. The largest absolute Gasteiger partial charge is 0.462 e. The van der Waals surface area contributed by atoms with Gasteiger partial charge in [0.1, 0.15) is 6.10 Å². The molecule has 0 spiro atoms. The van der Waals surface area contributed by atoms with Gasteiger partial charge in [-0.25, -0.2) is 4.79 Å². The lowest BCUT2D eigenvalue weighted by molar-refractivity contribution is -0.197. The van der Waals surface area contributed by atoms with Gasteiger partial charge >= 0.3 is 11.9 Å². The number of imide groups is 1. The third kappa shape index (κ3) is 6.32. The van der Waals surface area contributed by atoms with E-state index < -0.39 is 23.8 Å². The average Bonchev–Trinajstić information content (AvgIpc) is 3.48. The molecule has 3 saturated carbocycles. The number of hydrogen-bond donors (Lipinski definition) is 1. The number of hydrogen-bond acceptors (Lipinski definition) is 7. The Morgan fingerprint density at radius 3 is 2.35 bits per heavy atom. The highest BCUT2D eigenvalue weighted by Gasteiger charge is 2.59. The first-order chi connectivity index (χ1) is 20.3. The molecule has 8 heteroatoms. The van der Waals surface area contributed by atoms with E-state index in [2.05, 4.69) is 40.7 Å². The highest BCUT2D eigenvalue weighted by Crippen LogP contribution is 2.67. The molecule has 4 fully saturated rings. The number of allylic oxidation sites excluding steroid dienone is 1. The quantitative estimate of drug-likeness (QED) is 0.178. The number of ether oxygens (including phenoxy) is 1. The maximum absolute atomic E-state index is 12.6. The van der Waals surface area contributed by atoms with Crippen LogP contribution in [0, 0.1) is 46.3 Å². The molecule has 0 bridgehead atoms. The maximum atomic E-state index is 12.6. The van der Waals surface area contributed by atoms with Gasteiger partial charge in [0.15, 0.2) is 0 Å². The Kier molecular flexibility index (Phi) is 9.46. The number of carbonyl (C=O) groups excluding carboxylic acids is 4. The molecule has 2 amide bonds. The predicted molar refractivity (Wildman–Crippen MR) is 161 cm³/mol. The van der Waals surface area contributed by atoms with Crippen LogP contribution in [0.3, 0.4) is 0 Å². The molecule has 0 radical (unpaired) electrons. The van der Waals surface area contributed by atoms with Crippen LogP contribution in [0.2, 0.25) is 0 Å². The monoisotopic (exact) mass is 599 g/mol. The average molecular weight is 600 g/mol. The molecular formula is C35H53NO7. The molecule has 4 unspecified atom stereocenters. The van der Waals surface area contributed by atoms with Gasteiger partial charge in [-0.15, -0.1) is 5.06 Å². The standard InChI is InChI=1S/C35H53NO7/c1-21(2)29(37)11-6-22(3)26-9-10-27-25-8-7-23-20-24(16-18-34(23,4)28(25)17-19-35(26,27)5)42-32(40)14-15-33(41)43-36-30(38)12-13-31(36)39/h7,21-22,24-29,37H,6,8-20H2,1-5H3/t22?,24-,25?,26+,27?,28?,29-,34-,35+/m0/s1. The highest BCUT2D eigenvalue weighted by atomic mass is 16.7. The van der Waals surface area contributed by atoms with Gasteiger partial charge in [-0.2, -0.15) is 0 Å². The number of amides is 2. The Bertz CT molecular complexity index is 1120. The van der Waals surface area contributed by atoms with Gasteiger partial charge in [0.25, 0.3) is 11.8 Å². The first-order valence-electron chi connectivity index (χ1n) is 17.0. The van der Waals surface area contributed by atoms with Crippen LogP contribution < -0.4 is 0 Å². The fraction of sp³-hybridized carbons (Fsp3) is 0.829. The Hall–Kier alpha value is -2.22. The minimum absolute atomic E-state index is 0.0379. The van der Waals surface area contributed by atoms with Crippen molar-refractivity contribution in [1.29, 1.82) is 0 Å². The third-order valence-electron chi connectivity index (χ3n) is 12.5. The van der Waals surface area contributed by atoms with Gasteiger partial charge in [-0.05, 0) is 104 Å². The molecule has 9 atom stereocenters. The van der Waals surface area contributed by atoms with Crippen molar-refractivity contribution in [2.75, 3.05) is 0 Å². The summed E-state index contributed by atoms with van der Waals surface area (Å²) < 4.78 is 5.81. The summed E-state index contributed by atoms with van der Waals surface area (Å²) in [6.07, 6.45) is 12.7. The highest BCUT2D eigenvalue weighted by molar-refractivity contribution is 6.01. The van der Waals surface area contributed by atoms with E-state index >= 15 is 0 Å². The summed E-state index contributed by atoms with van der Waals surface area (Å²) in [6.45, 7) is 11.7. The van der Waals surface area contributed by atoms with Crippen molar-refractivity contribution in [3.8, 4) is 0 Å². The first kappa shape index (κ1) is 32.2. The number of hydroxylamine groups is 2. The summed E-state index contributed by atoms with van der Waals surface area (Å²) >= 11 is 0. The SMILES string of the molecule is CC(CC[C@H](O)C(C)C)[C@H]1CCC2C3CC=C4C[C@@H](OC(=O)CCC(=O)ON5C(=O)CCC5=O)CC[C@]4(C)C3CC[C@@]21C. The lowest BCUT2D eigenvalue weighted by Crippen LogP contribution is -2.51. The number of aliphatic hydroxyl groups excluding tert-OH is 1. The summed E-state index contributed by atoms with van der Waals surface area (Å²) in [5.41, 5.74) is 1.97. The zero-order valence-electron chi connectivity index (χ0n) is 26.9. The molecule has 0 aromatic heterocycles. The number of esters is 1. The van der Waals surface area contributed by atoms with Crippen LogP contribution >= 0.6 is 0 Å². The molecule has 5 aliphatic rings. The fourth-order valence-corrected chi connectivity index (χ4v) is 9.93. The third-order valence-corrected chi connectivity index (χ3v) is 12.5. The minimum Gasteiger partial charge on any atom is -0.462 e. The van der Waals surface area contributed by atoms with Crippen LogP contribution in [0.15, 0.2) is 11.6 Å². The Morgan fingerprint density at radius 2 is 1.65 bits per heavy atom. The van der Waals surface area contributed by atoms with Crippen molar-refractivity contribution in [3.63, 3.8) is 0 Å². The Balaban J connectivity index is 1.14. The molecule has 1 heterocycles. The van der Waals surface area contributed by atoms with Gasteiger partial charge < -0.3 is 14.7 Å². The van der Waals surface area contributed by atoms with Gasteiger partial charge in [0.05, 0.1) is 18.9 Å². The van der Waals surface area contributed by atoms with Crippen molar-refractivity contribution >= 4 is 23.8 Å². The molecule has 43 heavy (non-hydrogen) atoms. The van der Waals surface area contributed by atoms with Gasteiger partial charge in [0.2, 0.25) is 0 Å². The van der Waals surface area contributed by atoms with Gasteiger partial charge in [0, 0.05) is 19.3 Å². The van der Waals surface area contributed by atoms with Crippen molar-refractivity contribution < 1.29 is 33.9 Å². The summed E-state index contributed by atoms with van der Waals surface area (Å²) in [5, 5.41) is 10.9. The van der Waals surface area contributed by atoms with Crippen molar-refractivity contribution in [2.24, 2.45) is 46.3 Å². The molecule has 240 valence electrons. The van der Waals surface area contributed by atoms with E-state index in [1.165, 1.54) is 31.3 Å². The summed E-state index contributed by atoms with van der Waals surface area (Å²) in [4.78, 5) is 52.9. The van der Waals surface area contributed by atoms with Crippen LogP contribution in [0.25, 0.3) is 0 Å². The molecular weight excluding hydrogens is 546 g/mol. The van der Waals surface area contributed by atoms with E-state index in [0.717, 1.165) is 50.4 Å². The van der Waals surface area contributed by atoms with Crippen molar-refractivity contribution in [3.05, 3.63) is 11.6 Å². The number of rotatable bonds is 10. The van der Waals surface area contributed by atoms with Crippen LogP contribution in [-0.2, 0) is 28.8 Å². The molecule has 0 aromatic rings. The number of fused-ring (bicyclic) bond motifs is 5. The first-order valence-corrected chi connectivity index (χ1v) is 17.0. The number of carbonyl (C=O) groups is 4. The lowest BCUT2D eigenvalue weighted by Gasteiger charge is -2.58. The molecule has 8 nitrogen and oxygen atoms in total. The molecule has 5 rings (SSSR count). The van der Waals surface area contributed by atoms with Crippen molar-refractivity contribution in [1.82, 2.24) is 5.06 Å².